The van der Waals surface area contributed by atoms with Gasteiger partial charge in [0, 0.05) is 12.1 Å². The van der Waals surface area contributed by atoms with Gasteiger partial charge in [-0.2, -0.15) is 0 Å². The molecule has 6 nitrogen and oxygen atoms in total. The van der Waals surface area contributed by atoms with E-state index in [0.29, 0.717) is 28.1 Å². The van der Waals surface area contributed by atoms with Crippen LogP contribution in [0.1, 0.15) is 5.56 Å². The maximum atomic E-state index is 10.8. The highest BCUT2D eigenvalue weighted by Gasteiger charge is 2.13. The lowest BCUT2D eigenvalue weighted by molar-refractivity contribution is -0.384. The molecule has 2 N–H and O–H groups in total. The van der Waals surface area contributed by atoms with Crippen molar-refractivity contribution in [3.05, 3.63) is 62.1 Å². The Labute approximate surface area is 135 Å². The molecule has 0 aliphatic rings. The molecule has 0 fully saturated rings. The molecule has 0 amide bonds. The summed E-state index contributed by atoms with van der Waals surface area (Å²) in [5.41, 5.74) is 8.05. The van der Waals surface area contributed by atoms with E-state index in [4.69, 9.17) is 28.9 Å². The van der Waals surface area contributed by atoms with Crippen LogP contribution >= 0.6 is 23.2 Å². The van der Waals surface area contributed by atoms with Gasteiger partial charge in [0.15, 0.2) is 0 Å². The Morgan fingerprint density at radius 1 is 1.23 bits per heavy atom. The van der Waals surface area contributed by atoms with Gasteiger partial charge in [0.05, 0.1) is 32.5 Å². The predicted octanol–water partition coefficient (Wildman–Crippen LogP) is 3.88. The molecule has 1 aromatic heterocycles. The van der Waals surface area contributed by atoms with Crippen molar-refractivity contribution in [2.45, 2.75) is 6.54 Å². The number of rotatable bonds is 3. The van der Waals surface area contributed by atoms with Gasteiger partial charge >= 0.3 is 0 Å². The number of nitrogens with two attached hydrogens (primary N) is 1. The number of halogens is 2. The second kappa shape index (κ2) is 5.47. The molecule has 0 aliphatic carbocycles. The molecule has 0 spiro atoms. The standard InChI is InChI=1S/C14H10Cl2N4O2/c15-10-5-12-13(6-11(10)16)19(14(17)18-12)7-8-2-1-3-9(4-8)20(21)22/h1-6H,7H2,(H2,17,18). The highest BCUT2D eigenvalue weighted by molar-refractivity contribution is 6.42. The second-order valence-electron chi connectivity index (χ2n) is 4.74. The summed E-state index contributed by atoms with van der Waals surface area (Å²) < 4.78 is 1.73. The zero-order valence-corrected chi connectivity index (χ0v) is 12.7. The van der Waals surface area contributed by atoms with Gasteiger partial charge < -0.3 is 10.3 Å². The number of fused-ring (bicyclic) bond motifs is 1. The van der Waals surface area contributed by atoms with Gasteiger partial charge in [-0.3, -0.25) is 10.1 Å². The minimum absolute atomic E-state index is 0.0292. The van der Waals surface area contributed by atoms with Crippen LogP contribution in [0.4, 0.5) is 11.6 Å². The van der Waals surface area contributed by atoms with Crippen LogP contribution in [0.2, 0.25) is 10.0 Å². The Morgan fingerprint density at radius 2 is 1.95 bits per heavy atom. The lowest BCUT2D eigenvalue weighted by Crippen LogP contribution is -2.05. The monoisotopic (exact) mass is 336 g/mol. The van der Waals surface area contributed by atoms with Crippen LogP contribution in [-0.2, 0) is 6.54 Å². The summed E-state index contributed by atoms with van der Waals surface area (Å²) in [6.07, 6.45) is 0. The van der Waals surface area contributed by atoms with Gasteiger partial charge in [0.2, 0.25) is 5.95 Å². The number of imidazole rings is 1. The minimum atomic E-state index is -0.435. The number of aromatic nitrogens is 2. The topological polar surface area (TPSA) is 87.0 Å². The van der Waals surface area contributed by atoms with E-state index < -0.39 is 4.92 Å². The van der Waals surface area contributed by atoms with Crippen molar-refractivity contribution in [2.24, 2.45) is 0 Å². The van der Waals surface area contributed by atoms with Gasteiger partial charge in [0.25, 0.3) is 5.69 Å². The fourth-order valence-corrected chi connectivity index (χ4v) is 2.57. The number of nitro groups is 1. The third-order valence-corrected chi connectivity index (χ3v) is 4.00. The van der Waals surface area contributed by atoms with Crippen LogP contribution < -0.4 is 5.73 Å². The fraction of sp³-hybridized carbons (Fsp3) is 0.0714. The largest absolute Gasteiger partial charge is 0.369 e. The summed E-state index contributed by atoms with van der Waals surface area (Å²) in [5.74, 6) is 0.292. The van der Waals surface area contributed by atoms with E-state index >= 15 is 0 Å². The van der Waals surface area contributed by atoms with Crippen molar-refractivity contribution in [1.29, 1.82) is 0 Å². The van der Waals surface area contributed by atoms with E-state index in [0.717, 1.165) is 11.1 Å². The first-order valence-corrected chi connectivity index (χ1v) is 7.05. The average Bonchev–Trinajstić information content (AvgIpc) is 2.76. The van der Waals surface area contributed by atoms with Crippen LogP contribution in [0.25, 0.3) is 11.0 Å². The summed E-state index contributed by atoms with van der Waals surface area (Å²) in [6.45, 7) is 0.349. The summed E-state index contributed by atoms with van der Waals surface area (Å²) in [7, 11) is 0. The summed E-state index contributed by atoms with van der Waals surface area (Å²) in [6, 6.07) is 9.68. The van der Waals surface area contributed by atoms with Gasteiger partial charge in [-0.05, 0) is 17.7 Å². The van der Waals surface area contributed by atoms with E-state index in [1.165, 1.54) is 12.1 Å². The maximum absolute atomic E-state index is 10.8. The molecule has 0 aliphatic heterocycles. The number of nitrogen functional groups attached to an aromatic ring is 1. The van der Waals surface area contributed by atoms with E-state index in [2.05, 4.69) is 4.98 Å². The molecule has 0 atom stereocenters. The Hall–Kier alpha value is -2.31. The number of non-ortho nitro benzene ring substituents is 1. The van der Waals surface area contributed by atoms with Crippen molar-refractivity contribution < 1.29 is 4.92 Å². The zero-order valence-electron chi connectivity index (χ0n) is 11.2. The average molecular weight is 337 g/mol. The molecule has 0 bridgehead atoms. The van der Waals surface area contributed by atoms with E-state index in [1.807, 2.05) is 0 Å². The quantitative estimate of drug-likeness (QED) is 0.580. The van der Waals surface area contributed by atoms with E-state index in [9.17, 15) is 10.1 Å². The lowest BCUT2D eigenvalue weighted by atomic mass is 10.2. The molecule has 0 radical (unpaired) electrons. The summed E-state index contributed by atoms with van der Waals surface area (Å²) >= 11 is 12.0. The predicted molar refractivity (Wildman–Crippen MR) is 86.4 cm³/mol. The van der Waals surface area contributed by atoms with Gasteiger partial charge in [-0.25, -0.2) is 4.98 Å². The first kappa shape index (κ1) is 14.6. The zero-order chi connectivity index (χ0) is 15.9. The molecule has 112 valence electrons. The molecule has 8 heteroatoms. The van der Waals surface area contributed by atoms with Crippen LogP contribution in [0, 0.1) is 10.1 Å². The molecule has 2 aromatic carbocycles. The van der Waals surface area contributed by atoms with E-state index in [1.54, 1.807) is 28.8 Å². The Morgan fingerprint density at radius 3 is 2.68 bits per heavy atom. The Kier molecular flexibility index (Phi) is 3.64. The van der Waals surface area contributed by atoms with Crippen molar-refractivity contribution in [3.8, 4) is 0 Å². The lowest BCUT2D eigenvalue weighted by Gasteiger charge is -2.07. The smallest absolute Gasteiger partial charge is 0.269 e. The molecule has 0 unspecified atom stereocenters. The van der Waals surface area contributed by atoms with Crippen molar-refractivity contribution >= 4 is 45.9 Å². The van der Waals surface area contributed by atoms with E-state index in [-0.39, 0.29) is 5.69 Å². The van der Waals surface area contributed by atoms with Gasteiger partial charge in [0.1, 0.15) is 0 Å². The number of benzene rings is 2. The Bertz CT molecular complexity index is 892. The van der Waals surface area contributed by atoms with Gasteiger partial charge in [-0.1, -0.05) is 35.3 Å². The molecule has 3 aromatic rings. The maximum Gasteiger partial charge on any atom is 0.269 e. The van der Waals surface area contributed by atoms with Crippen LogP contribution in [0.5, 0.6) is 0 Å². The van der Waals surface area contributed by atoms with Gasteiger partial charge in [-0.15, -0.1) is 0 Å². The first-order valence-electron chi connectivity index (χ1n) is 6.30. The molecular weight excluding hydrogens is 327 g/mol. The van der Waals surface area contributed by atoms with Crippen molar-refractivity contribution in [2.75, 3.05) is 5.73 Å². The SMILES string of the molecule is Nc1nc2cc(Cl)c(Cl)cc2n1Cc1cccc([N+](=O)[O-])c1. The van der Waals surface area contributed by atoms with Crippen molar-refractivity contribution in [1.82, 2.24) is 9.55 Å². The number of nitro benzene ring substituents is 1. The van der Waals surface area contributed by atoms with Crippen LogP contribution in [-0.4, -0.2) is 14.5 Å². The third kappa shape index (κ3) is 2.58. The molecule has 3 rings (SSSR count). The molecule has 22 heavy (non-hydrogen) atoms. The van der Waals surface area contributed by atoms with Crippen LogP contribution in [0.3, 0.4) is 0 Å². The highest BCUT2D eigenvalue weighted by Crippen LogP contribution is 2.29. The number of nitrogens with zero attached hydrogens (tertiary/aromatic N) is 3. The Balaban J connectivity index is 2.07. The minimum Gasteiger partial charge on any atom is -0.369 e. The summed E-state index contributed by atoms with van der Waals surface area (Å²) in [5, 5.41) is 11.6. The third-order valence-electron chi connectivity index (χ3n) is 3.28. The molecule has 0 saturated heterocycles. The molecular formula is C14H10Cl2N4O2. The summed E-state index contributed by atoms with van der Waals surface area (Å²) in [4.78, 5) is 14.6. The van der Waals surface area contributed by atoms with Crippen molar-refractivity contribution in [3.63, 3.8) is 0 Å². The number of hydrogen-bond acceptors (Lipinski definition) is 4. The number of anilines is 1. The second-order valence-corrected chi connectivity index (χ2v) is 5.55. The fourth-order valence-electron chi connectivity index (χ4n) is 2.26. The number of hydrogen-bond donors (Lipinski definition) is 1. The molecule has 1 heterocycles. The highest BCUT2D eigenvalue weighted by atomic mass is 35.5. The molecule has 0 saturated carbocycles. The normalized spacial score (nSPS) is 11.0. The first-order chi connectivity index (χ1) is 10.5. The van der Waals surface area contributed by atoms with Crippen LogP contribution in [0.15, 0.2) is 36.4 Å².